The van der Waals surface area contributed by atoms with Crippen molar-refractivity contribution in [2.45, 2.75) is 26.2 Å². The number of nitrogens with one attached hydrogen (secondary N) is 1. The van der Waals surface area contributed by atoms with Crippen LogP contribution < -0.4 is 5.32 Å². The van der Waals surface area contributed by atoms with Crippen molar-refractivity contribution in [2.24, 2.45) is 0 Å². The molecule has 29 heavy (non-hydrogen) atoms. The third kappa shape index (κ3) is 4.72. The molecule has 0 saturated carbocycles. The molecule has 0 saturated heterocycles. The molecule has 1 aromatic carbocycles. The Kier molecular flexibility index (Phi) is 5.71. The van der Waals surface area contributed by atoms with Crippen molar-refractivity contribution < 1.29 is 9.32 Å². The second-order valence-corrected chi connectivity index (χ2v) is 7.24. The Bertz CT molecular complexity index is 1090. The Morgan fingerprint density at radius 2 is 1.86 bits per heavy atom. The Labute approximate surface area is 171 Å². The zero-order chi connectivity index (χ0) is 20.1. The van der Waals surface area contributed by atoms with E-state index in [1.807, 2.05) is 5.38 Å². The molecule has 1 amide bonds. The quantitative estimate of drug-likeness (QED) is 0.490. The number of aromatic nitrogens is 4. The van der Waals surface area contributed by atoms with Gasteiger partial charge in [-0.25, -0.2) is 4.98 Å². The number of rotatable bonds is 7. The van der Waals surface area contributed by atoms with E-state index in [1.165, 1.54) is 16.9 Å². The summed E-state index contributed by atoms with van der Waals surface area (Å²) in [6.45, 7) is 2.12. The number of amides is 1. The van der Waals surface area contributed by atoms with Crippen LogP contribution in [0.5, 0.6) is 0 Å². The van der Waals surface area contributed by atoms with Gasteiger partial charge in [0.2, 0.25) is 17.6 Å². The van der Waals surface area contributed by atoms with Gasteiger partial charge in [0, 0.05) is 41.7 Å². The van der Waals surface area contributed by atoms with Crippen molar-refractivity contribution in [3.05, 3.63) is 65.6 Å². The lowest BCUT2D eigenvalue weighted by Crippen LogP contribution is -2.12. The van der Waals surface area contributed by atoms with Crippen molar-refractivity contribution in [3.8, 4) is 22.6 Å². The molecule has 4 rings (SSSR count). The van der Waals surface area contributed by atoms with Crippen molar-refractivity contribution in [2.75, 3.05) is 5.32 Å². The second kappa shape index (κ2) is 8.74. The van der Waals surface area contributed by atoms with Gasteiger partial charge in [0.15, 0.2) is 5.13 Å². The number of benzene rings is 1. The van der Waals surface area contributed by atoms with Crippen molar-refractivity contribution in [1.82, 2.24) is 20.1 Å². The molecule has 7 nitrogen and oxygen atoms in total. The number of carbonyl (C=O) groups is 1. The van der Waals surface area contributed by atoms with Crippen LogP contribution in [0.3, 0.4) is 0 Å². The Balaban J connectivity index is 1.32. The Hall–Kier alpha value is -3.39. The number of hydrogen-bond acceptors (Lipinski definition) is 7. The molecule has 8 heteroatoms. The number of anilines is 1. The summed E-state index contributed by atoms with van der Waals surface area (Å²) in [5, 5.41) is 9.29. The first-order chi connectivity index (χ1) is 14.2. The number of thiazole rings is 1. The molecule has 3 aromatic heterocycles. The van der Waals surface area contributed by atoms with Crippen LogP contribution in [-0.2, 0) is 17.6 Å². The normalized spacial score (nSPS) is 10.8. The fourth-order valence-corrected chi connectivity index (χ4v) is 3.49. The molecule has 146 valence electrons. The van der Waals surface area contributed by atoms with Gasteiger partial charge in [-0.1, -0.05) is 36.3 Å². The van der Waals surface area contributed by atoms with E-state index in [-0.39, 0.29) is 12.3 Å². The molecule has 0 fully saturated rings. The van der Waals surface area contributed by atoms with Crippen molar-refractivity contribution in [1.29, 1.82) is 0 Å². The predicted molar refractivity (Wildman–Crippen MR) is 111 cm³/mol. The van der Waals surface area contributed by atoms with Gasteiger partial charge in [0.25, 0.3) is 0 Å². The minimum absolute atomic E-state index is 0.143. The Morgan fingerprint density at radius 3 is 2.62 bits per heavy atom. The summed E-state index contributed by atoms with van der Waals surface area (Å²) in [4.78, 5) is 25.0. The van der Waals surface area contributed by atoms with Crippen molar-refractivity contribution >= 4 is 22.4 Å². The maximum absolute atomic E-state index is 12.2. The van der Waals surface area contributed by atoms with Crippen molar-refractivity contribution in [3.63, 3.8) is 0 Å². The van der Waals surface area contributed by atoms with Gasteiger partial charge in [0.1, 0.15) is 0 Å². The summed E-state index contributed by atoms with van der Waals surface area (Å²) in [5.74, 6) is 0.764. The predicted octanol–water partition coefficient (Wildman–Crippen LogP) is 4.39. The lowest BCUT2D eigenvalue weighted by molar-refractivity contribution is -0.116. The molecular formula is C21H19N5O2S. The highest BCUT2D eigenvalue weighted by atomic mass is 32.1. The fourth-order valence-electron chi connectivity index (χ4n) is 2.75. The molecule has 0 aliphatic carbocycles. The number of hydrogen-bond donors (Lipinski definition) is 1. The van der Waals surface area contributed by atoms with E-state index in [0.717, 1.165) is 23.2 Å². The summed E-state index contributed by atoms with van der Waals surface area (Å²) < 4.78 is 5.23. The summed E-state index contributed by atoms with van der Waals surface area (Å²) in [6, 6.07) is 11.9. The lowest BCUT2D eigenvalue weighted by atomic mass is 10.1. The van der Waals surface area contributed by atoms with Gasteiger partial charge >= 0.3 is 0 Å². The topological polar surface area (TPSA) is 93.8 Å². The van der Waals surface area contributed by atoms with Crippen LogP contribution in [0.15, 0.2) is 58.7 Å². The third-order valence-electron chi connectivity index (χ3n) is 4.38. The molecule has 1 N–H and O–H groups in total. The van der Waals surface area contributed by atoms with Crippen LogP contribution in [-0.4, -0.2) is 26.0 Å². The van der Waals surface area contributed by atoms with Gasteiger partial charge in [-0.15, -0.1) is 11.3 Å². The van der Waals surface area contributed by atoms with E-state index < -0.39 is 0 Å². The van der Waals surface area contributed by atoms with Gasteiger partial charge < -0.3 is 9.84 Å². The molecule has 0 atom stereocenters. The van der Waals surface area contributed by atoms with Crippen LogP contribution in [0.2, 0.25) is 0 Å². The number of nitrogens with zero attached hydrogens (tertiary/aromatic N) is 4. The largest absolute Gasteiger partial charge is 0.339 e. The molecule has 0 spiro atoms. The first-order valence-electron chi connectivity index (χ1n) is 9.29. The smallest absolute Gasteiger partial charge is 0.227 e. The van der Waals surface area contributed by atoms with Crippen LogP contribution in [0.4, 0.5) is 5.13 Å². The van der Waals surface area contributed by atoms with Crippen LogP contribution in [0.25, 0.3) is 22.6 Å². The van der Waals surface area contributed by atoms with Crippen LogP contribution in [0, 0.1) is 0 Å². The molecular weight excluding hydrogens is 386 g/mol. The van der Waals surface area contributed by atoms with Gasteiger partial charge in [-0.05, 0) is 24.1 Å². The van der Waals surface area contributed by atoms with Crippen LogP contribution >= 0.6 is 11.3 Å². The van der Waals surface area contributed by atoms with E-state index in [1.54, 1.807) is 24.5 Å². The second-order valence-electron chi connectivity index (χ2n) is 6.38. The number of aryl methyl sites for hydroxylation is 2. The van der Waals surface area contributed by atoms with E-state index >= 15 is 0 Å². The zero-order valence-corrected chi connectivity index (χ0v) is 16.6. The molecule has 0 unspecified atom stereocenters. The lowest BCUT2D eigenvalue weighted by Gasteiger charge is -2.00. The van der Waals surface area contributed by atoms with Gasteiger partial charge in [-0.2, -0.15) is 4.98 Å². The maximum atomic E-state index is 12.2. The minimum Gasteiger partial charge on any atom is -0.339 e. The SMILES string of the molecule is CCc1ccc(-c2csc(NC(=O)CCc3nc(-c4ccncc4)no3)n2)cc1. The first kappa shape index (κ1) is 18.9. The molecule has 0 aliphatic rings. The highest BCUT2D eigenvalue weighted by Gasteiger charge is 2.12. The average Bonchev–Trinajstić information content (AvgIpc) is 3.43. The molecule has 3 heterocycles. The molecule has 0 radical (unpaired) electrons. The zero-order valence-electron chi connectivity index (χ0n) is 15.8. The van der Waals surface area contributed by atoms with Gasteiger partial charge in [0.05, 0.1) is 5.69 Å². The highest BCUT2D eigenvalue weighted by molar-refractivity contribution is 7.14. The van der Waals surface area contributed by atoms with E-state index in [0.29, 0.717) is 23.3 Å². The summed E-state index contributed by atoms with van der Waals surface area (Å²) in [6.07, 6.45) is 4.93. The standard InChI is InChI=1S/C21H19N5O2S/c1-2-14-3-5-15(6-4-14)17-13-29-21(23-17)24-18(27)7-8-19-25-20(26-28-19)16-9-11-22-12-10-16/h3-6,9-13H,2,7-8H2,1H3,(H,23,24,27). The van der Waals surface area contributed by atoms with E-state index in [2.05, 4.69) is 56.6 Å². The highest BCUT2D eigenvalue weighted by Crippen LogP contribution is 2.25. The first-order valence-corrected chi connectivity index (χ1v) is 10.2. The summed E-state index contributed by atoms with van der Waals surface area (Å²) in [5.41, 5.74) is 3.99. The van der Waals surface area contributed by atoms with E-state index in [9.17, 15) is 4.79 Å². The molecule has 0 aliphatic heterocycles. The number of pyridine rings is 1. The van der Waals surface area contributed by atoms with Gasteiger partial charge in [-0.3, -0.25) is 9.78 Å². The Morgan fingerprint density at radius 1 is 1.07 bits per heavy atom. The summed E-state index contributed by atoms with van der Waals surface area (Å²) in [7, 11) is 0. The minimum atomic E-state index is -0.143. The van der Waals surface area contributed by atoms with Crippen LogP contribution in [0.1, 0.15) is 24.8 Å². The maximum Gasteiger partial charge on any atom is 0.227 e. The monoisotopic (exact) mass is 405 g/mol. The van der Waals surface area contributed by atoms with E-state index in [4.69, 9.17) is 4.52 Å². The fraction of sp³-hybridized carbons (Fsp3) is 0.190. The number of carbonyl (C=O) groups excluding carboxylic acids is 1. The average molecular weight is 405 g/mol. The third-order valence-corrected chi connectivity index (χ3v) is 5.14. The molecule has 0 bridgehead atoms. The summed E-state index contributed by atoms with van der Waals surface area (Å²) >= 11 is 1.41. The molecule has 4 aromatic rings.